The molecule has 0 saturated carbocycles. The summed E-state index contributed by atoms with van der Waals surface area (Å²) in [4.78, 5) is 0. The number of fused-ring (bicyclic) bond motifs is 10. The number of para-hydroxylation sites is 4. The highest BCUT2D eigenvalue weighted by molar-refractivity contribution is 9.10. The first-order valence-electron chi connectivity index (χ1n) is 31.8. The Balaban J connectivity index is 0.000000122. The number of hydrogen-bond donors (Lipinski definition) is 2. The van der Waals surface area contributed by atoms with Gasteiger partial charge in [0.05, 0.1) is 22.1 Å². The molecular weight excluding hydrogens is 1210 g/mol. The van der Waals surface area contributed by atoms with Gasteiger partial charge in [-0.25, -0.2) is 0 Å². The van der Waals surface area contributed by atoms with Crippen LogP contribution in [0.4, 0.5) is 0 Å². The van der Waals surface area contributed by atoms with E-state index in [-0.39, 0.29) is 0 Å². The average molecular weight is 1270 g/mol. The van der Waals surface area contributed by atoms with Gasteiger partial charge in [0.2, 0.25) is 0 Å². The van der Waals surface area contributed by atoms with Crippen LogP contribution in [-0.4, -0.2) is 26.3 Å². The number of hydrogen-bond acceptors (Lipinski definition) is 2. The van der Waals surface area contributed by atoms with Crippen LogP contribution in [-0.2, 0) is 0 Å². The Kier molecular flexibility index (Phi) is 15.4. The zero-order valence-electron chi connectivity index (χ0n) is 51.2. The van der Waals surface area contributed by atoms with Crippen LogP contribution < -0.4 is 5.46 Å². The van der Waals surface area contributed by atoms with Crippen molar-refractivity contribution in [2.24, 2.45) is 0 Å². The summed E-state index contributed by atoms with van der Waals surface area (Å²) in [5, 5.41) is 33.8. The Bertz CT molecular complexity index is 5700. The summed E-state index contributed by atoms with van der Waals surface area (Å²) < 4.78 is 5.83. The van der Waals surface area contributed by atoms with Gasteiger partial charge in [0.15, 0.2) is 0 Å². The molecule has 94 heavy (non-hydrogen) atoms. The normalized spacial score (nSPS) is 11.4. The second-order valence-corrected chi connectivity index (χ2v) is 24.6. The topological polar surface area (TPSA) is 50.3 Å². The average Bonchev–Trinajstić information content (AvgIpc) is 0.822. The monoisotopic (exact) mass is 1270 g/mol. The minimum absolute atomic E-state index is 0.491. The third-order valence-corrected chi connectivity index (χ3v) is 19.2. The molecule has 0 unspecified atom stereocenters. The van der Waals surface area contributed by atoms with Crippen LogP contribution in [0.1, 0.15) is 0 Å². The van der Waals surface area contributed by atoms with Crippen LogP contribution in [0.5, 0.6) is 0 Å². The number of aromatic nitrogens is 2. The molecule has 0 aliphatic carbocycles. The van der Waals surface area contributed by atoms with Crippen molar-refractivity contribution in [1.82, 2.24) is 9.13 Å². The third kappa shape index (κ3) is 10.5. The molecule has 0 aliphatic rings. The molecule has 18 rings (SSSR count). The van der Waals surface area contributed by atoms with Gasteiger partial charge < -0.3 is 19.2 Å². The van der Waals surface area contributed by atoms with Crippen molar-refractivity contribution < 1.29 is 10.0 Å². The largest absolute Gasteiger partial charge is 0.488 e. The molecule has 2 heterocycles. The molecule has 0 aliphatic heterocycles. The molecule has 4 nitrogen and oxygen atoms in total. The van der Waals surface area contributed by atoms with E-state index >= 15 is 0 Å². The van der Waals surface area contributed by atoms with E-state index < -0.39 is 7.12 Å². The summed E-state index contributed by atoms with van der Waals surface area (Å²) in [5.41, 5.74) is 19.8. The Labute approximate surface area is 554 Å². The van der Waals surface area contributed by atoms with E-state index in [1.807, 2.05) is 18.2 Å². The van der Waals surface area contributed by atoms with Crippen molar-refractivity contribution in [1.29, 1.82) is 0 Å². The van der Waals surface area contributed by atoms with Gasteiger partial charge in [0.1, 0.15) is 0 Å². The SMILES string of the molecule is Brc1c2ccccc2c(-c2ccccc2)c2ccccc12.OB(O)c1ccc(-c2ccc3c(c2)c2ccccc2n3-c2ccccc2)cc1.c1ccc(-c2c3ccccc3c(-c3ccc(-c4ccc5c(c4)c4ccccc4n5-c4ccccc4)cc3)c3ccccc23)cc1. The molecule has 0 radical (unpaired) electrons. The lowest BCUT2D eigenvalue weighted by Crippen LogP contribution is -2.29. The fourth-order valence-corrected chi connectivity index (χ4v) is 14.7. The van der Waals surface area contributed by atoms with Crippen molar-refractivity contribution in [3.63, 3.8) is 0 Å². The second kappa shape index (κ2) is 25.0. The zero-order chi connectivity index (χ0) is 63.1. The van der Waals surface area contributed by atoms with Crippen molar-refractivity contribution in [3.05, 3.63) is 356 Å². The van der Waals surface area contributed by atoms with Crippen LogP contribution in [0.15, 0.2) is 356 Å². The standard InChI is InChI=1S/C44H29N.C24H18BNO2.C20H13Br/c1-3-13-31(14-4-1)43-36-18-7-9-20-38(36)44(39-21-10-8-19-37(39)43)32-25-23-30(24-26-32)33-27-28-42-40(29-33)35-17-11-12-22-41(35)45(42)34-15-5-2-6-16-34;27-25(28)19-13-10-17(11-14-19)18-12-15-24-22(16-18)21-8-4-5-9-23(21)26(24)20-6-2-1-3-7-20;21-20-17-12-6-4-10-15(17)19(14-8-2-1-3-9-14)16-11-5-7-13-18(16)20/h1-29H;1-16,27-28H;1-13H. The molecule has 16 aromatic carbocycles. The lowest BCUT2D eigenvalue weighted by molar-refractivity contribution is 0.426. The highest BCUT2D eigenvalue weighted by Gasteiger charge is 2.20. The fraction of sp³-hybridized carbons (Fsp3) is 0. The summed E-state index contributed by atoms with van der Waals surface area (Å²) in [7, 11) is -1.44. The van der Waals surface area contributed by atoms with Gasteiger partial charge in [-0.2, -0.15) is 0 Å². The summed E-state index contributed by atoms with van der Waals surface area (Å²) in [5.74, 6) is 0. The summed E-state index contributed by atoms with van der Waals surface area (Å²) >= 11 is 3.79. The Morgan fingerprint density at radius 3 is 0.830 bits per heavy atom. The van der Waals surface area contributed by atoms with Crippen molar-refractivity contribution in [3.8, 4) is 67.0 Å². The Morgan fingerprint density at radius 2 is 0.468 bits per heavy atom. The Hall–Kier alpha value is -11.4. The molecule has 0 amide bonds. The second-order valence-electron chi connectivity index (χ2n) is 23.8. The molecule has 0 spiro atoms. The maximum absolute atomic E-state index is 9.31. The van der Waals surface area contributed by atoms with Gasteiger partial charge in [-0.1, -0.05) is 291 Å². The number of benzene rings is 16. The third-order valence-electron chi connectivity index (χ3n) is 18.3. The van der Waals surface area contributed by atoms with Crippen molar-refractivity contribution in [2.45, 2.75) is 0 Å². The molecule has 2 aromatic heterocycles. The predicted molar refractivity (Wildman–Crippen MR) is 403 cm³/mol. The van der Waals surface area contributed by atoms with E-state index in [2.05, 4.69) is 347 Å². The quantitative estimate of drug-likeness (QED) is 0.118. The van der Waals surface area contributed by atoms with Crippen LogP contribution in [0.25, 0.3) is 154 Å². The first kappa shape index (κ1) is 57.8. The first-order valence-corrected chi connectivity index (χ1v) is 32.6. The predicted octanol–water partition coefficient (Wildman–Crippen LogP) is 22.6. The summed E-state index contributed by atoms with van der Waals surface area (Å²) in [6.07, 6.45) is 0. The summed E-state index contributed by atoms with van der Waals surface area (Å²) in [6.45, 7) is 0. The maximum atomic E-state index is 9.31. The molecular formula is C88H60BBrN2O2. The van der Waals surface area contributed by atoms with Crippen molar-refractivity contribution >= 4 is 115 Å². The summed E-state index contributed by atoms with van der Waals surface area (Å²) in [6, 6.07) is 124. The van der Waals surface area contributed by atoms with Gasteiger partial charge in [-0.15, -0.1) is 0 Å². The van der Waals surface area contributed by atoms with E-state index in [1.165, 1.54) is 141 Å². The van der Waals surface area contributed by atoms with E-state index in [4.69, 9.17) is 0 Å². The van der Waals surface area contributed by atoms with Crippen molar-refractivity contribution in [2.75, 3.05) is 0 Å². The highest BCUT2D eigenvalue weighted by atomic mass is 79.9. The fourth-order valence-electron chi connectivity index (χ4n) is 14.0. The van der Waals surface area contributed by atoms with E-state index in [0.29, 0.717) is 5.46 Å². The number of rotatable bonds is 8. The molecule has 0 saturated heterocycles. The maximum Gasteiger partial charge on any atom is 0.488 e. The number of nitrogens with zero attached hydrogens (tertiary/aromatic N) is 2. The number of halogens is 1. The molecule has 0 atom stereocenters. The van der Waals surface area contributed by atoms with E-state index in [0.717, 1.165) is 16.8 Å². The smallest absolute Gasteiger partial charge is 0.423 e. The van der Waals surface area contributed by atoms with Gasteiger partial charge in [0, 0.05) is 37.4 Å². The van der Waals surface area contributed by atoms with Crippen LogP contribution in [0.2, 0.25) is 0 Å². The molecule has 2 N–H and O–H groups in total. The first-order chi connectivity index (χ1) is 46.4. The molecule has 0 bridgehead atoms. The highest BCUT2D eigenvalue weighted by Crippen LogP contribution is 2.46. The molecule has 6 heteroatoms. The van der Waals surface area contributed by atoms with Gasteiger partial charge >= 0.3 is 7.12 Å². The van der Waals surface area contributed by atoms with Crippen LogP contribution >= 0.6 is 15.9 Å². The zero-order valence-corrected chi connectivity index (χ0v) is 52.8. The lowest BCUT2D eigenvalue weighted by atomic mass is 9.80. The minimum Gasteiger partial charge on any atom is -0.423 e. The van der Waals surface area contributed by atoms with Crippen LogP contribution in [0.3, 0.4) is 0 Å². The Morgan fingerprint density at radius 1 is 0.213 bits per heavy atom. The van der Waals surface area contributed by atoms with E-state index in [9.17, 15) is 10.0 Å². The molecule has 18 aromatic rings. The minimum atomic E-state index is -1.44. The molecule has 0 fully saturated rings. The lowest BCUT2D eigenvalue weighted by Gasteiger charge is -2.18. The molecule has 444 valence electrons. The van der Waals surface area contributed by atoms with Gasteiger partial charge in [-0.05, 0) is 181 Å². The van der Waals surface area contributed by atoms with Crippen LogP contribution in [0, 0.1) is 0 Å². The van der Waals surface area contributed by atoms with Gasteiger partial charge in [0.25, 0.3) is 0 Å². The van der Waals surface area contributed by atoms with Gasteiger partial charge in [-0.3, -0.25) is 0 Å². The van der Waals surface area contributed by atoms with E-state index in [1.54, 1.807) is 12.1 Å².